The predicted molar refractivity (Wildman–Crippen MR) is 85.5 cm³/mol. The maximum absolute atomic E-state index is 11.8. The highest BCUT2D eigenvalue weighted by atomic mass is 32.1. The van der Waals surface area contributed by atoms with E-state index in [1.807, 2.05) is 29.6 Å². The molecule has 1 aromatic carbocycles. The van der Waals surface area contributed by atoms with Crippen LogP contribution >= 0.6 is 11.3 Å². The summed E-state index contributed by atoms with van der Waals surface area (Å²) in [6.07, 6.45) is 0.647. The smallest absolute Gasteiger partial charge is 0.303 e. The van der Waals surface area contributed by atoms with Gasteiger partial charge in [-0.1, -0.05) is 12.1 Å². The monoisotopic (exact) mass is 319 g/mol. The Morgan fingerprint density at radius 1 is 1.32 bits per heavy atom. The number of amides is 1. The summed E-state index contributed by atoms with van der Waals surface area (Å²) in [4.78, 5) is 26.5. The van der Waals surface area contributed by atoms with Crippen molar-refractivity contribution in [3.8, 4) is 10.6 Å². The minimum Gasteiger partial charge on any atom is -0.481 e. The molecule has 2 rings (SSSR count). The number of nitrogens with zero attached hydrogens (tertiary/aromatic N) is 1. The van der Waals surface area contributed by atoms with Crippen molar-refractivity contribution >= 4 is 28.9 Å². The number of rotatable bonds is 7. The molecule has 0 aliphatic heterocycles. The van der Waals surface area contributed by atoms with Gasteiger partial charge in [0, 0.05) is 29.6 Å². The highest BCUT2D eigenvalue weighted by Gasteiger charge is 2.10. The van der Waals surface area contributed by atoms with Crippen LogP contribution in [0, 0.1) is 0 Å². The fourth-order valence-corrected chi connectivity index (χ4v) is 2.76. The number of hydrogen-bond acceptors (Lipinski definition) is 5. The summed E-state index contributed by atoms with van der Waals surface area (Å²) in [5, 5.41) is 13.8. The Morgan fingerprint density at radius 3 is 2.82 bits per heavy atom. The standard InChI is InChI=1S/C15H17N3O3S/c16-12-5-2-1-4-11(12)15-18-10(9-22-15)8-13(19)17-7-3-6-14(20)21/h1-2,4-5,9H,3,6-8,16H2,(H,17,19)(H,20,21). The Balaban J connectivity index is 1.88. The van der Waals surface area contributed by atoms with Gasteiger partial charge in [0.05, 0.1) is 12.1 Å². The van der Waals surface area contributed by atoms with Gasteiger partial charge in [-0.15, -0.1) is 11.3 Å². The maximum Gasteiger partial charge on any atom is 0.303 e. The lowest BCUT2D eigenvalue weighted by molar-refractivity contribution is -0.137. The van der Waals surface area contributed by atoms with E-state index in [-0.39, 0.29) is 18.7 Å². The number of carbonyl (C=O) groups excluding carboxylic acids is 1. The SMILES string of the molecule is Nc1ccccc1-c1nc(CC(=O)NCCCC(=O)O)cs1. The largest absolute Gasteiger partial charge is 0.481 e. The molecule has 116 valence electrons. The van der Waals surface area contributed by atoms with Crippen molar-refractivity contribution in [3.63, 3.8) is 0 Å². The van der Waals surface area contributed by atoms with Gasteiger partial charge in [-0.25, -0.2) is 4.98 Å². The lowest BCUT2D eigenvalue weighted by Crippen LogP contribution is -2.26. The molecule has 0 aliphatic carbocycles. The van der Waals surface area contributed by atoms with Gasteiger partial charge in [-0.2, -0.15) is 0 Å². The molecule has 0 atom stereocenters. The Hall–Kier alpha value is -2.41. The van der Waals surface area contributed by atoms with Gasteiger partial charge in [0.25, 0.3) is 0 Å². The number of aromatic nitrogens is 1. The second kappa shape index (κ2) is 7.56. The summed E-state index contributed by atoms with van der Waals surface area (Å²) in [5.74, 6) is -1.03. The summed E-state index contributed by atoms with van der Waals surface area (Å²) in [7, 11) is 0. The number of nitrogens with one attached hydrogen (secondary N) is 1. The van der Waals surface area contributed by atoms with Crippen LogP contribution in [0.25, 0.3) is 10.6 Å². The van der Waals surface area contributed by atoms with Gasteiger partial charge < -0.3 is 16.2 Å². The zero-order valence-corrected chi connectivity index (χ0v) is 12.7. The number of carboxylic acids is 1. The van der Waals surface area contributed by atoms with E-state index in [1.54, 1.807) is 0 Å². The first-order valence-corrected chi connectivity index (χ1v) is 7.72. The first-order chi connectivity index (χ1) is 10.6. The summed E-state index contributed by atoms with van der Waals surface area (Å²) < 4.78 is 0. The van der Waals surface area contributed by atoms with E-state index in [0.29, 0.717) is 24.3 Å². The van der Waals surface area contributed by atoms with E-state index in [4.69, 9.17) is 10.8 Å². The van der Waals surface area contributed by atoms with E-state index in [1.165, 1.54) is 11.3 Å². The summed E-state index contributed by atoms with van der Waals surface area (Å²) >= 11 is 1.44. The van der Waals surface area contributed by atoms with Gasteiger partial charge in [-0.3, -0.25) is 9.59 Å². The fourth-order valence-electron chi connectivity index (χ4n) is 1.90. The van der Waals surface area contributed by atoms with Crippen LogP contribution in [-0.2, 0) is 16.0 Å². The van der Waals surface area contributed by atoms with E-state index in [9.17, 15) is 9.59 Å². The van der Waals surface area contributed by atoms with Crippen LogP contribution < -0.4 is 11.1 Å². The number of aliphatic carboxylic acids is 1. The van der Waals surface area contributed by atoms with Gasteiger partial charge in [-0.05, 0) is 18.6 Å². The minimum absolute atomic E-state index is 0.0500. The van der Waals surface area contributed by atoms with E-state index in [0.717, 1.165) is 10.6 Å². The molecule has 6 nitrogen and oxygen atoms in total. The van der Waals surface area contributed by atoms with Crippen molar-refractivity contribution in [1.82, 2.24) is 10.3 Å². The van der Waals surface area contributed by atoms with Crippen LogP contribution in [0.4, 0.5) is 5.69 Å². The van der Waals surface area contributed by atoms with Crippen molar-refractivity contribution in [2.75, 3.05) is 12.3 Å². The molecule has 0 saturated heterocycles. The van der Waals surface area contributed by atoms with Gasteiger partial charge in [0.15, 0.2) is 0 Å². The first-order valence-electron chi connectivity index (χ1n) is 6.84. The fraction of sp³-hybridized carbons (Fsp3) is 0.267. The molecule has 4 N–H and O–H groups in total. The van der Waals surface area contributed by atoms with Gasteiger partial charge in [0.1, 0.15) is 5.01 Å². The number of nitrogen functional groups attached to an aromatic ring is 1. The summed E-state index contributed by atoms with van der Waals surface area (Å²) in [6.45, 7) is 0.355. The van der Waals surface area contributed by atoms with Gasteiger partial charge in [0.2, 0.25) is 5.91 Å². The number of thiazole rings is 1. The van der Waals surface area contributed by atoms with Crippen LogP contribution in [0.1, 0.15) is 18.5 Å². The number of hydrogen-bond donors (Lipinski definition) is 3. The normalized spacial score (nSPS) is 10.4. The lowest BCUT2D eigenvalue weighted by atomic mass is 10.2. The summed E-state index contributed by atoms with van der Waals surface area (Å²) in [5.41, 5.74) is 8.10. The second-order valence-electron chi connectivity index (χ2n) is 4.76. The van der Waals surface area contributed by atoms with Gasteiger partial charge >= 0.3 is 5.97 Å². The second-order valence-corrected chi connectivity index (χ2v) is 5.61. The van der Waals surface area contributed by atoms with Crippen LogP contribution in [0.3, 0.4) is 0 Å². The topological polar surface area (TPSA) is 105 Å². The van der Waals surface area contributed by atoms with Crippen molar-refractivity contribution in [1.29, 1.82) is 0 Å². The predicted octanol–water partition coefficient (Wildman–Crippen LogP) is 1.92. The van der Waals surface area contributed by atoms with Crippen molar-refractivity contribution in [2.24, 2.45) is 0 Å². The number of benzene rings is 1. The molecule has 0 unspecified atom stereocenters. The molecule has 7 heteroatoms. The Labute approximate surface area is 132 Å². The third-order valence-electron chi connectivity index (χ3n) is 2.97. The molecular formula is C15H17N3O3S. The molecule has 2 aromatic rings. The zero-order chi connectivity index (χ0) is 15.9. The maximum atomic E-state index is 11.8. The first kappa shape index (κ1) is 16.0. The molecule has 1 heterocycles. The quantitative estimate of drug-likeness (QED) is 0.534. The number of carbonyl (C=O) groups is 2. The molecule has 0 aliphatic rings. The molecule has 0 spiro atoms. The number of anilines is 1. The Morgan fingerprint density at radius 2 is 2.09 bits per heavy atom. The number of carboxylic acid groups (broad SMARTS) is 1. The van der Waals surface area contributed by atoms with Crippen LogP contribution in [0.5, 0.6) is 0 Å². The highest BCUT2D eigenvalue weighted by molar-refractivity contribution is 7.13. The molecule has 0 fully saturated rings. The van der Waals surface area contributed by atoms with E-state index < -0.39 is 5.97 Å². The number of nitrogens with two attached hydrogens (primary N) is 1. The molecule has 0 saturated carbocycles. The van der Waals surface area contributed by atoms with Crippen LogP contribution in [0.2, 0.25) is 0 Å². The van der Waals surface area contributed by atoms with E-state index >= 15 is 0 Å². The third-order valence-corrected chi connectivity index (χ3v) is 3.90. The molecule has 1 amide bonds. The van der Waals surface area contributed by atoms with Crippen LogP contribution in [-0.4, -0.2) is 28.5 Å². The Bertz CT molecular complexity index is 670. The molecule has 1 aromatic heterocycles. The van der Waals surface area contributed by atoms with Crippen LogP contribution in [0.15, 0.2) is 29.6 Å². The Kier molecular flexibility index (Phi) is 5.48. The summed E-state index contributed by atoms with van der Waals surface area (Å²) in [6, 6.07) is 7.45. The molecular weight excluding hydrogens is 302 g/mol. The third kappa shape index (κ3) is 4.56. The number of para-hydroxylation sites is 1. The van der Waals surface area contributed by atoms with Crippen molar-refractivity contribution < 1.29 is 14.7 Å². The minimum atomic E-state index is -0.862. The molecule has 22 heavy (non-hydrogen) atoms. The van der Waals surface area contributed by atoms with E-state index in [2.05, 4.69) is 10.3 Å². The average Bonchev–Trinajstić information content (AvgIpc) is 2.92. The molecule has 0 radical (unpaired) electrons. The average molecular weight is 319 g/mol. The lowest BCUT2D eigenvalue weighted by Gasteiger charge is -2.02. The van der Waals surface area contributed by atoms with Crippen molar-refractivity contribution in [2.45, 2.75) is 19.3 Å². The molecule has 0 bridgehead atoms. The zero-order valence-electron chi connectivity index (χ0n) is 11.9. The van der Waals surface area contributed by atoms with Crippen molar-refractivity contribution in [3.05, 3.63) is 35.3 Å². The highest BCUT2D eigenvalue weighted by Crippen LogP contribution is 2.28.